The Bertz CT molecular complexity index is 453. The Hall–Kier alpha value is -1.33. The van der Waals surface area contributed by atoms with Crippen LogP contribution in [0.25, 0.3) is 0 Å². The first-order chi connectivity index (χ1) is 9.72. The number of benzene rings is 1. The number of hydrogen-bond donors (Lipinski definition) is 1. The third-order valence-electron chi connectivity index (χ3n) is 3.65. The van der Waals surface area contributed by atoms with Gasteiger partial charge in [0.1, 0.15) is 6.61 Å². The maximum Gasteiger partial charge on any atom is 0.161 e. The Balaban J connectivity index is 1.86. The van der Waals surface area contributed by atoms with Crippen molar-refractivity contribution in [3.63, 3.8) is 0 Å². The molecule has 5 heteroatoms. The lowest BCUT2D eigenvalue weighted by Gasteiger charge is -2.34. The summed E-state index contributed by atoms with van der Waals surface area (Å²) in [5.74, 6) is 1.54. The number of likely N-dealkylation sites (tertiary alicyclic amines) is 1. The van der Waals surface area contributed by atoms with Crippen molar-refractivity contribution in [1.82, 2.24) is 4.90 Å². The normalized spacial score (nSPS) is 19.6. The molecule has 1 atom stereocenters. The fraction of sp³-hybridized carbons (Fsp3) is 0.533. The van der Waals surface area contributed by atoms with Crippen LogP contribution in [-0.4, -0.2) is 42.7 Å². The maximum absolute atomic E-state index is 5.82. The molecule has 1 unspecified atom stereocenters. The molecule has 1 saturated heterocycles. The van der Waals surface area contributed by atoms with Gasteiger partial charge >= 0.3 is 0 Å². The van der Waals surface area contributed by atoms with Crippen molar-refractivity contribution in [1.29, 1.82) is 0 Å². The highest BCUT2D eigenvalue weighted by Crippen LogP contribution is 2.26. The van der Waals surface area contributed by atoms with Crippen LogP contribution in [0.2, 0.25) is 0 Å². The molecule has 0 aromatic heterocycles. The Morgan fingerprint density at radius 1 is 1.35 bits per heavy atom. The van der Waals surface area contributed by atoms with Gasteiger partial charge in [-0.3, -0.25) is 4.90 Å². The number of para-hydroxylation sites is 2. The smallest absolute Gasteiger partial charge is 0.161 e. The molecule has 0 radical (unpaired) electrons. The minimum Gasteiger partial charge on any atom is -0.493 e. The average Bonchev–Trinajstić information content (AvgIpc) is 2.48. The van der Waals surface area contributed by atoms with Crippen LogP contribution in [0.3, 0.4) is 0 Å². The van der Waals surface area contributed by atoms with Crippen LogP contribution in [-0.2, 0) is 0 Å². The number of thiocarbonyl (C=S) groups is 1. The van der Waals surface area contributed by atoms with Gasteiger partial charge in [-0.25, -0.2) is 0 Å². The Morgan fingerprint density at radius 3 is 2.80 bits per heavy atom. The fourth-order valence-electron chi connectivity index (χ4n) is 2.59. The van der Waals surface area contributed by atoms with Crippen molar-refractivity contribution < 1.29 is 9.47 Å². The first kappa shape index (κ1) is 15.1. The zero-order valence-corrected chi connectivity index (χ0v) is 12.7. The molecular formula is C15H22N2O2S. The minimum absolute atomic E-state index is 0.222. The second kappa shape index (κ2) is 7.45. The van der Waals surface area contributed by atoms with E-state index in [0.717, 1.165) is 31.0 Å². The molecule has 0 spiro atoms. The van der Waals surface area contributed by atoms with Crippen molar-refractivity contribution in [2.24, 2.45) is 5.73 Å². The molecule has 2 rings (SSSR count). The van der Waals surface area contributed by atoms with Gasteiger partial charge in [0.25, 0.3) is 0 Å². The molecule has 1 aromatic rings. The van der Waals surface area contributed by atoms with Crippen LogP contribution in [0.15, 0.2) is 24.3 Å². The van der Waals surface area contributed by atoms with Gasteiger partial charge in [-0.2, -0.15) is 0 Å². The second-order valence-corrected chi connectivity index (χ2v) is 5.42. The summed E-state index contributed by atoms with van der Waals surface area (Å²) in [6.07, 6.45) is 3.46. The molecule has 1 aromatic carbocycles. The molecule has 0 amide bonds. The highest BCUT2D eigenvalue weighted by molar-refractivity contribution is 7.80. The molecule has 2 N–H and O–H groups in total. The van der Waals surface area contributed by atoms with Crippen LogP contribution in [0.4, 0.5) is 0 Å². The first-order valence-corrected chi connectivity index (χ1v) is 7.42. The highest BCUT2D eigenvalue weighted by atomic mass is 32.1. The number of hydrogen-bond acceptors (Lipinski definition) is 4. The molecule has 0 aliphatic carbocycles. The number of piperidine rings is 1. The molecular weight excluding hydrogens is 272 g/mol. The van der Waals surface area contributed by atoms with Gasteiger partial charge in [-0.05, 0) is 31.5 Å². The summed E-state index contributed by atoms with van der Waals surface area (Å²) in [4.78, 5) is 2.92. The molecule has 1 aliphatic rings. The number of methoxy groups -OCH3 is 1. The van der Waals surface area contributed by atoms with Crippen LogP contribution >= 0.6 is 12.2 Å². The highest BCUT2D eigenvalue weighted by Gasteiger charge is 2.24. The summed E-state index contributed by atoms with van der Waals surface area (Å²) in [5, 5.41) is 0. The van der Waals surface area contributed by atoms with Gasteiger partial charge in [0.2, 0.25) is 0 Å². The summed E-state index contributed by atoms with van der Waals surface area (Å²) in [6, 6.07) is 7.91. The van der Waals surface area contributed by atoms with Gasteiger partial charge in [-0.1, -0.05) is 30.8 Å². The maximum atomic E-state index is 5.82. The number of rotatable bonds is 6. The van der Waals surface area contributed by atoms with Gasteiger partial charge < -0.3 is 15.2 Å². The van der Waals surface area contributed by atoms with Crippen molar-refractivity contribution in [2.45, 2.75) is 25.3 Å². The lowest BCUT2D eigenvalue weighted by molar-refractivity contribution is 0.156. The van der Waals surface area contributed by atoms with E-state index in [2.05, 4.69) is 4.90 Å². The Morgan fingerprint density at radius 2 is 2.10 bits per heavy atom. The second-order valence-electron chi connectivity index (χ2n) is 4.95. The van der Waals surface area contributed by atoms with Crippen molar-refractivity contribution in [2.75, 3.05) is 26.8 Å². The summed E-state index contributed by atoms with van der Waals surface area (Å²) in [5.41, 5.74) is 5.82. The van der Waals surface area contributed by atoms with E-state index in [1.807, 2.05) is 24.3 Å². The average molecular weight is 294 g/mol. The predicted octanol–water partition coefficient (Wildman–Crippen LogP) is 2.21. The Labute approximate surface area is 125 Å². The molecule has 20 heavy (non-hydrogen) atoms. The van der Waals surface area contributed by atoms with Crippen LogP contribution in [0.5, 0.6) is 11.5 Å². The van der Waals surface area contributed by atoms with E-state index in [4.69, 9.17) is 27.4 Å². The van der Waals surface area contributed by atoms with Crippen molar-refractivity contribution in [3.8, 4) is 11.5 Å². The predicted molar refractivity (Wildman–Crippen MR) is 84.5 cm³/mol. The number of nitrogens with zero attached hydrogens (tertiary/aromatic N) is 1. The molecule has 1 heterocycles. The van der Waals surface area contributed by atoms with E-state index in [1.54, 1.807) is 7.11 Å². The van der Waals surface area contributed by atoms with E-state index in [-0.39, 0.29) is 6.04 Å². The topological polar surface area (TPSA) is 47.7 Å². The lowest BCUT2D eigenvalue weighted by atomic mass is 10.0. The zero-order chi connectivity index (χ0) is 14.4. The van der Waals surface area contributed by atoms with E-state index in [0.29, 0.717) is 11.6 Å². The lowest BCUT2D eigenvalue weighted by Crippen LogP contribution is -2.48. The fourth-order valence-corrected chi connectivity index (χ4v) is 2.86. The van der Waals surface area contributed by atoms with Gasteiger partial charge in [0, 0.05) is 6.54 Å². The van der Waals surface area contributed by atoms with E-state index in [1.165, 1.54) is 12.8 Å². The summed E-state index contributed by atoms with van der Waals surface area (Å²) in [7, 11) is 1.65. The molecule has 1 aliphatic heterocycles. The van der Waals surface area contributed by atoms with Crippen LogP contribution in [0.1, 0.15) is 19.3 Å². The summed E-state index contributed by atoms with van der Waals surface area (Å²) < 4.78 is 11.1. The van der Waals surface area contributed by atoms with Crippen molar-refractivity contribution >= 4 is 17.2 Å². The Kier molecular flexibility index (Phi) is 5.61. The van der Waals surface area contributed by atoms with Crippen LogP contribution in [0, 0.1) is 0 Å². The van der Waals surface area contributed by atoms with Crippen LogP contribution < -0.4 is 15.2 Å². The third-order valence-corrected chi connectivity index (χ3v) is 3.92. The third kappa shape index (κ3) is 3.84. The van der Waals surface area contributed by atoms with Crippen molar-refractivity contribution in [3.05, 3.63) is 24.3 Å². The molecule has 1 fully saturated rings. The standard InChI is InChI=1S/C15H22N2O2S/c1-18-13-7-2-3-8-14(13)19-11-10-17-9-5-4-6-12(17)15(16)20/h2-3,7-8,12H,4-6,9-11H2,1H3,(H2,16,20). The molecule has 4 nitrogen and oxygen atoms in total. The SMILES string of the molecule is COc1ccccc1OCCN1CCCCC1C(N)=S. The minimum atomic E-state index is 0.222. The molecule has 110 valence electrons. The first-order valence-electron chi connectivity index (χ1n) is 7.01. The zero-order valence-electron chi connectivity index (χ0n) is 11.9. The number of nitrogens with two attached hydrogens (primary N) is 1. The monoisotopic (exact) mass is 294 g/mol. The summed E-state index contributed by atoms with van der Waals surface area (Å²) in [6.45, 7) is 2.48. The quantitative estimate of drug-likeness (QED) is 0.815. The molecule has 0 saturated carbocycles. The summed E-state index contributed by atoms with van der Waals surface area (Å²) >= 11 is 5.15. The number of ether oxygens (including phenoxy) is 2. The van der Waals surface area contributed by atoms with E-state index < -0.39 is 0 Å². The van der Waals surface area contributed by atoms with E-state index in [9.17, 15) is 0 Å². The van der Waals surface area contributed by atoms with Gasteiger partial charge in [-0.15, -0.1) is 0 Å². The molecule has 0 bridgehead atoms. The van der Waals surface area contributed by atoms with Gasteiger partial charge in [0.15, 0.2) is 11.5 Å². The van der Waals surface area contributed by atoms with Gasteiger partial charge in [0.05, 0.1) is 18.1 Å². The largest absolute Gasteiger partial charge is 0.493 e. The van der Waals surface area contributed by atoms with E-state index >= 15 is 0 Å².